The van der Waals surface area contributed by atoms with E-state index in [4.69, 9.17) is 4.74 Å². The maximum absolute atomic E-state index is 12.5. The first-order valence-electron chi connectivity index (χ1n) is 11.3. The van der Waals surface area contributed by atoms with Crippen LogP contribution < -0.4 is 15.1 Å². The minimum absolute atomic E-state index is 0.280. The van der Waals surface area contributed by atoms with Crippen molar-refractivity contribution in [2.75, 3.05) is 55.6 Å². The number of hydrogen-bond donors (Lipinski definition) is 1. The van der Waals surface area contributed by atoms with E-state index in [-0.39, 0.29) is 12.7 Å². The van der Waals surface area contributed by atoms with Crippen LogP contribution in [-0.4, -0.2) is 67.8 Å². The second-order valence-electron chi connectivity index (χ2n) is 8.15. The summed E-state index contributed by atoms with van der Waals surface area (Å²) in [5.41, 5.74) is 2.39. The normalized spacial score (nSPS) is 18.9. The van der Waals surface area contributed by atoms with Crippen LogP contribution in [0.1, 0.15) is 24.6 Å². The predicted molar refractivity (Wildman–Crippen MR) is 124 cm³/mol. The molecule has 2 fully saturated rings. The second-order valence-corrected chi connectivity index (χ2v) is 8.15. The first kappa shape index (κ1) is 21.9. The Bertz CT molecular complexity index is 953. The summed E-state index contributed by atoms with van der Waals surface area (Å²) in [5.74, 6) is 0.858. The number of pyridine rings is 1. The van der Waals surface area contributed by atoms with E-state index in [2.05, 4.69) is 39.2 Å². The highest BCUT2D eigenvalue weighted by atomic mass is 16.6. The zero-order valence-corrected chi connectivity index (χ0v) is 18.5. The van der Waals surface area contributed by atoms with Crippen molar-refractivity contribution in [1.82, 2.24) is 15.2 Å². The molecule has 1 aromatic heterocycles. The molecule has 1 N–H and O–H groups in total. The first-order chi connectivity index (χ1) is 15.7. The number of carbonyl (C=O) groups is 1. The van der Waals surface area contributed by atoms with Crippen LogP contribution in [0.2, 0.25) is 0 Å². The molecular formula is C24H30N6O2. The molecule has 0 bridgehead atoms. The number of hydrogen-bond acceptors (Lipinski definition) is 7. The zero-order valence-electron chi connectivity index (χ0n) is 18.5. The van der Waals surface area contributed by atoms with Crippen molar-refractivity contribution in [1.29, 1.82) is 5.26 Å². The molecule has 4 rings (SSSR count). The van der Waals surface area contributed by atoms with E-state index in [0.717, 1.165) is 43.1 Å². The summed E-state index contributed by atoms with van der Waals surface area (Å²) < 4.78 is 5.47. The number of aromatic nitrogens is 1. The van der Waals surface area contributed by atoms with Crippen LogP contribution in [0.25, 0.3) is 0 Å². The van der Waals surface area contributed by atoms with E-state index >= 15 is 0 Å². The minimum Gasteiger partial charge on any atom is -0.445 e. The van der Waals surface area contributed by atoms with E-state index in [1.165, 1.54) is 0 Å². The number of nitrogens with one attached hydrogen (secondary N) is 1. The quantitative estimate of drug-likeness (QED) is 0.774. The predicted octanol–water partition coefficient (Wildman–Crippen LogP) is 2.60. The Labute approximate surface area is 189 Å². The molecule has 2 aliphatic heterocycles. The number of carbonyl (C=O) groups excluding carboxylic acids is 1. The highest BCUT2D eigenvalue weighted by molar-refractivity contribution is 5.68. The fourth-order valence-corrected chi connectivity index (χ4v) is 4.27. The maximum atomic E-state index is 12.5. The SMILES string of the molecule is CC[C@H]1CNCCN1c1cc(N2CCN(C(=O)OCc3ccccc3)CC2)cc(C#N)n1. The smallest absolute Gasteiger partial charge is 0.410 e. The Hall–Kier alpha value is -3.31. The van der Waals surface area contributed by atoms with Crippen LogP contribution in [0.4, 0.5) is 16.3 Å². The van der Waals surface area contributed by atoms with Crippen LogP contribution >= 0.6 is 0 Å². The van der Waals surface area contributed by atoms with Gasteiger partial charge in [0, 0.05) is 63.6 Å². The molecule has 2 aliphatic rings. The minimum atomic E-state index is -0.284. The molecule has 3 heterocycles. The van der Waals surface area contributed by atoms with Crippen molar-refractivity contribution >= 4 is 17.6 Å². The number of rotatable bonds is 5. The zero-order chi connectivity index (χ0) is 22.3. The number of amides is 1. The van der Waals surface area contributed by atoms with Crippen molar-refractivity contribution in [3.8, 4) is 6.07 Å². The van der Waals surface area contributed by atoms with E-state index in [9.17, 15) is 10.1 Å². The number of nitriles is 1. The molecule has 0 unspecified atom stereocenters. The largest absolute Gasteiger partial charge is 0.445 e. The van der Waals surface area contributed by atoms with Gasteiger partial charge >= 0.3 is 6.09 Å². The van der Waals surface area contributed by atoms with Gasteiger partial charge in [-0.1, -0.05) is 37.3 Å². The van der Waals surface area contributed by atoms with Gasteiger partial charge in [-0.15, -0.1) is 0 Å². The Kier molecular flexibility index (Phi) is 7.07. The molecule has 8 heteroatoms. The molecule has 2 aromatic rings. The average Bonchev–Trinajstić information content (AvgIpc) is 2.87. The average molecular weight is 435 g/mol. The molecule has 8 nitrogen and oxygen atoms in total. The lowest BCUT2D eigenvalue weighted by Gasteiger charge is -2.38. The summed E-state index contributed by atoms with van der Waals surface area (Å²) in [6.07, 6.45) is 0.734. The maximum Gasteiger partial charge on any atom is 0.410 e. The molecule has 0 radical (unpaired) electrons. The van der Waals surface area contributed by atoms with Crippen LogP contribution in [0.3, 0.4) is 0 Å². The summed E-state index contributed by atoms with van der Waals surface area (Å²) in [4.78, 5) is 23.3. The Balaban J connectivity index is 1.39. The molecule has 0 saturated carbocycles. The standard InChI is InChI=1S/C24H30N6O2/c1-2-21-17-26-8-9-30(21)23-15-22(14-20(16-25)27-23)28-10-12-29(13-11-28)24(31)32-18-19-6-4-3-5-7-19/h3-7,14-15,21,26H,2,8-13,17-18H2,1H3/t21-/m0/s1. The summed E-state index contributed by atoms with van der Waals surface area (Å²) in [7, 11) is 0. The molecule has 168 valence electrons. The Morgan fingerprint density at radius 1 is 1.19 bits per heavy atom. The van der Waals surface area contributed by atoms with Gasteiger partial charge in [-0.3, -0.25) is 0 Å². The topological polar surface area (TPSA) is 84.7 Å². The number of benzene rings is 1. The Morgan fingerprint density at radius 2 is 1.97 bits per heavy atom. The molecule has 1 aromatic carbocycles. The Morgan fingerprint density at radius 3 is 2.69 bits per heavy atom. The monoisotopic (exact) mass is 434 g/mol. The molecular weight excluding hydrogens is 404 g/mol. The fourth-order valence-electron chi connectivity index (χ4n) is 4.27. The van der Waals surface area contributed by atoms with E-state index in [1.54, 1.807) is 4.90 Å². The summed E-state index contributed by atoms with van der Waals surface area (Å²) >= 11 is 0. The van der Waals surface area contributed by atoms with Crippen molar-refractivity contribution in [3.05, 3.63) is 53.7 Å². The number of anilines is 2. The van der Waals surface area contributed by atoms with Gasteiger partial charge in [-0.25, -0.2) is 9.78 Å². The van der Waals surface area contributed by atoms with E-state index in [0.29, 0.717) is 37.9 Å². The molecule has 2 saturated heterocycles. The molecule has 1 atom stereocenters. The van der Waals surface area contributed by atoms with Crippen LogP contribution in [0.15, 0.2) is 42.5 Å². The summed E-state index contributed by atoms with van der Waals surface area (Å²) in [6.45, 7) is 7.71. The summed E-state index contributed by atoms with van der Waals surface area (Å²) in [5, 5.41) is 13.0. The van der Waals surface area contributed by atoms with Crippen LogP contribution in [0, 0.1) is 11.3 Å². The van der Waals surface area contributed by atoms with E-state index < -0.39 is 0 Å². The van der Waals surface area contributed by atoms with Crippen molar-refractivity contribution in [2.45, 2.75) is 26.0 Å². The van der Waals surface area contributed by atoms with Gasteiger partial charge in [0.2, 0.25) is 0 Å². The van der Waals surface area contributed by atoms with Gasteiger partial charge in [-0.2, -0.15) is 5.26 Å². The molecule has 0 aliphatic carbocycles. The van der Waals surface area contributed by atoms with Crippen molar-refractivity contribution < 1.29 is 9.53 Å². The number of nitrogens with zero attached hydrogens (tertiary/aromatic N) is 5. The third kappa shape index (κ3) is 5.11. The lowest BCUT2D eigenvalue weighted by molar-refractivity contribution is 0.0942. The fraction of sp³-hybridized carbons (Fsp3) is 0.458. The number of ether oxygens (including phenoxy) is 1. The molecule has 32 heavy (non-hydrogen) atoms. The lowest BCUT2D eigenvalue weighted by Crippen LogP contribution is -2.51. The van der Waals surface area contributed by atoms with Gasteiger partial charge < -0.3 is 24.8 Å². The van der Waals surface area contributed by atoms with Crippen molar-refractivity contribution in [2.24, 2.45) is 0 Å². The second kappa shape index (κ2) is 10.3. The third-order valence-corrected chi connectivity index (χ3v) is 6.14. The third-order valence-electron chi connectivity index (χ3n) is 6.14. The van der Waals surface area contributed by atoms with Crippen molar-refractivity contribution in [3.63, 3.8) is 0 Å². The first-order valence-corrected chi connectivity index (χ1v) is 11.3. The van der Waals surface area contributed by atoms with Crippen LogP contribution in [0.5, 0.6) is 0 Å². The van der Waals surface area contributed by atoms with E-state index in [1.807, 2.05) is 36.4 Å². The highest BCUT2D eigenvalue weighted by Crippen LogP contribution is 2.26. The number of piperazine rings is 2. The van der Waals surface area contributed by atoms with Gasteiger partial charge in [0.15, 0.2) is 0 Å². The van der Waals surface area contributed by atoms with Gasteiger partial charge in [0.25, 0.3) is 0 Å². The summed E-state index contributed by atoms with van der Waals surface area (Å²) in [6, 6.07) is 16.2. The lowest BCUT2D eigenvalue weighted by atomic mass is 10.1. The van der Waals surface area contributed by atoms with Crippen LogP contribution in [-0.2, 0) is 11.3 Å². The molecule has 0 spiro atoms. The van der Waals surface area contributed by atoms with Gasteiger partial charge in [0.1, 0.15) is 24.2 Å². The van der Waals surface area contributed by atoms with Gasteiger partial charge in [0.05, 0.1) is 0 Å². The highest BCUT2D eigenvalue weighted by Gasteiger charge is 2.26. The van der Waals surface area contributed by atoms with Gasteiger partial charge in [-0.05, 0) is 18.1 Å². The molecule has 1 amide bonds.